The third kappa shape index (κ3) is 4.75. The number of carbonyl (C=O) groups is 1. The van der Waals surface area contributed by atoms with Crippen LogP contribution in [-0.2, 0) is 4.79 Å². The fourth-order valence-electron chi connectivity index (χ4n) is 0.644. The first-order valence-corrected chi connectivity index (χ1v) is 4.40. The first-order valence-electron chi connectivity index (χ1n) is 3.58. The van der Waals surface area contributed by atoms with E-state index >= 15 is 0 Å². The summed E-state index contributed by atoms with van der Waals surface area (Å²) in [6, 6.07) is 0. The molecule has 1 unspecified atom stereocenters. The van der Waals surface area contributed by atoms with Gasteiger partial charge in [0.25, 0.3) is 0 Å². The standard InChI is InChI=1S/C7H16NOP/c1-8(2)7(9)5-3-4-6-10/h3-6,10H2,1-2H3. The Hall–Kier alpha value is -0.100. The Morgan fingerprint density at radius 2 is 2.00 bits per heavy atom. The van der Waals surface area contributed by atoms with Gasteiger partial charge in [0.15, 0.2) is 0 Å². The van der Waals surface area contributed by atoms with Gasteiger partial charge in [-0.3, -0.25) is 4.79 Å². The van der Waals surface area contributed by atoms with E-state index in [4.69, 9.17) is 0 Å². The molecule has 0 bridgehead atoms. The van der Waals surface area contributed by atoms with Gasteiger partial charge in [0.2, 0.25) is 5.91 Å². The fraction of sp³-hybridized carbons (Fsp3) is 0.857. The molecule has 0 heterocycles. The number of carbonyl (C=O) groups excluding carboxylic acids is 1. The molecule has 0 aromatic heterocycles. The van der Waals surface area contributed by atoms with Crippen molar-refractivity contribution in [1.82, 2.24) is 4.90 Å². The zero-order valence-electron chi connectivity index (χ0n) is 6.76. The van der Waals surface area contributed by atoms with Crippen molar-refractivity contribution in [3.05, 3.63) is 0 Å². The van der Waals surface area contributed by atoms with Crippen LogP contribution in [0.5, 0.6) is 0 Å². The molecule has 0 saturated heterocycles. The second-order valence-electron chi connectivity index (χ2n) is 2.53. The summed E-state index contributed by atoms with van der Waals surface area (Å²) < 4.78 is 0. The Morgan fingerprint density at radius 1 is 1.40 bits per heavy atom. The number of hydrogen-bond donors (Lipinski definition) is 0. The molecule has 0 aromatic rings. The third-order valence-electron chi connectivity index (χ3n) is 1.34. The van der Waals surface area contributed by atoms with Crippen molar-refractivity contribution in [1.29, 1.82) is 0 Å². The Morgan fingerprint density at radius 3 is 2.40 bits per heavy atom. The molecule has 0 saturated carbocycles. The predicted octanol–water partition coefficient (Wildman–Crippen LogP) is 1.12. The molecule has 0 aliphatic heterocycles. The SMILES string of the molecule is CN(C)C(=O)CCCCP. The van der Waals surface area contributed by atoms with Crippen LogP contribution in [0.25, 0.3) is 0 Å². The van der Waals surface area contributed by atoms with Crippen LogP contribution < -0.4 is 0 Å². The molecular weight excluding hydrogens is 145 g/mol. The Labute approximate surface area is 65.2 Å². The van der Waals surface area contributed by atoms with Crippen molar-refractivity contribution < 1.29 is 4.79 Å². The molecular formula is C7H16NOP. The average molecular weight is 161 g/mol. The van der Waals surface area contributed by atoms with Gasteiger partial charge in [0.1, 0.15) is 0 Å². The van der Waals surface area contributed by atoms with Gasteiger partial charge < -0.3 is 4.90 Å². The summed E-state index contributed by atoms with van der Waals surface area (Å²) in [6.07, 6.45) is 3.94. The number of amides is 1. The van der Waals surface area contributed by atoms with E-state index < -0.39 is 0 Å². The Bertz CT molecular complexity index is 104. The monoisotopic (exact) mass is 161 g/mol. The zero-order valence-corrected chi connectivity index (χ0v) is 7.92. The van der Waals surface area contributed by atoms with Crippen molar-refractivity contribution >= 4 is 15.1 Å². The first-order chi connectivity index (χ1) is 4.68. The molecule has 2 nitrogen and oxygen atoms in total. The zero-order chi connectivity index (χ0) is 7.98. The van der Waals surface area contributed by atoms with Gasteiger partial charge in [-0.2, -0.15) is 0 Å². The molecule has 1 amide bonds. The molecule has 0 N–H and O–H groups in total. The second-order valence-corrected chi connectivity index (χ2v) is 3.11. The minimum Gasteiger partial charge on any atom is -0.349 e. The lowest BCUT2D eigenvalue weighted by atomic mass is 10.2. The summed E-state index contributed by atoms with van der Waals surface area (Å²) >= 11 is 0. The van der Waals surface area contributed by atoms with Crippen LogP contribution in [-0.4, -0.2) is 31.1 Å². The van der Waals surface area contributed by atoms with Crippen molar-refractivity contribution in [3.8, 4) is 0 Å². The molecule has 1 atom stereocenters. The van der Waals surface area contributed by atoms with Gasteiger partial charge in [-0.25, -0.2) is 0 Å². The maximum Gasteiger partial charge on any atom is 0.222 e. The highest BCUT2D eigenvalue weighted by atomic mass is 31.0. The largest absolute Gasteiger partial charge is 0.349 e. The van der Waals surface area contributed by atoms with E-state index in [1.807, 2.05) is 0 Å². The first kappa shape index (κ1) is 9.90. The fourth-order valence-corrected chi connectivity index (χ4v) is 0.933. The smallest absolute Gasteiger partial charge is 0.222 e. The number of unbranched alkanes of at least 4 members (excludes halogenated alkanes) is 1. The maximum absolute atomic E-state index is 10.9. The van der Waals surface area contributed by atoms with Crippen LogP contribution in [0.15, 0.2) is 0 Å². The molecule has 60 valence electrons. The summed E-state index contributed by atoms with van der Waals surface area (Å²) in [5.41, 5.74) is 0. The highest BCUT2D eigenvalue weighted by Crippen LogP contribution is 1.99. The van der Waals surface area contributed by atoms with Gasteiger partial charge in [0, 0.05) is 20.5 Å². The lowest BCUT2D eigenvalue weighted by Gasteiger charge is -2.08. The number of rotatable bonds is 4. The van der Waals surface area contributed by atoms with Crippen LogP contribution in [0.1, 0.15) is 19.3 Å². The van der Waals surface area contributed by atoms with Gasteiger partial charge in [-0.15, -0.1) is 9.24 Å². The molecule has 0 aliphatic rings. The van der Waals surface area contributed by atoms with Crippen LogP contribution in [0.2, 0.25) is 0 Å². The molecule has 0 spiro atoms. The van der Waals surface area contributed by atoms with Gasteiger partial charge >= 0.3 is 0 Å². The summed E-state index contributed by atoms with van der Waals surface area (Å²) in [7, 11) is 6.25. The van der Waals surface area contributed by atoms with Gasteiger partial charge in [0.05, 0.1) is 0 Å². The lowest BCUT2D eigenvalue weighted by Crippen LogP contribution is -2.21. The minimum absolute atomic E-state index is 0.235. The molecule has 0 radical (unpaired) electrons. The molecule has 0 rings (SSSR count). The van der Waals surface area contributed by atoms with Crippen LogP contribution in [0.4, 0.5) is 0 Å². The van der Waals surface area contributed by atoms with E-state index in [0.29, 0.717) is 6.42 Å². The average Bonchev–Trinajstić information content (AvgIpc) is 1.88. The third-order valence-corrected chi connectivity index (χ3v) is 1.75. The molecule has 3 heteroatoms. The highest BCUT2D eigenvalue weighted by Gasteiger charge is 2.01. The molecule has 10 heavy (non-hydrogen) atoms. The second kappa shape index (κ2) is 5.67. The molecule has 0 aliphatic carbocycles. The summed E-state index contributed by atoms with van der Waals surface area (Å²) in [4.78, 5) is 12.6. The normalized spacial score (nSPS) is 9.50. The van der Waals surface area contributed by atoms with E-state index in [9.17, 15) is 4.79 Å². The minimum atomic E-state index is 0.235. The Kier molecular flexibility index (Phi) is 5.61. The van der Waals surface area contributed by atoms with E-state index in [1.54, 1.807) is 19.0 Å². The van der Waals surface area contributed by atoms with E-state index in [2.05, 4.69) is 9.24 Å². The Balaban J connectivity index is 3.22. The maximum atomic E-state index is 10.9. The van der Waals surface area contributed by atoms with Crippen LogP contribution in [0, 0.1) is 0 Å². The van der Waals surface area contributed by atoms with Crippen molar-refractivity contribution in [3.63, 3.8) is 0 Å². The summed E-state index contributed by atoms with van der Waals surface area (Å²) in [5, 5.41) is 0. The summed E-state index contributed by atoms with van der Waals surface area (Å²) in [5.74, 6) is 0.235. The van der Waals surface area contributed by atoms with Crippen LogP contribution >= 0.6 is 9.24 Å². The van der Waals surface area contributed by atoms with E-state index in [-0.39, 0.29) is 5.91 Å². The molecule has 0 aromatic carbocycles. The topological polar surface area (TPSA) is 20.3 Å². The van der Waals surface area contributed by atoms with Crippen molar-refractivity contribution in [2.24, 2.45) is 0 Å². The summed E-state index contributed by atoms with van der Waals surface area (Å²) in [6.45, 7) is 0. The number of nitrogens with zero attached hydrogens (tertiary/aromatic N) is 1. The van der Waals surface area contributed by atoms with Gasteiger partial charge in [-0.1, -0.05) is 0 Å². The highest BCUT2D eigenvalue weighted by molar-refractivity contribution is 7.16. The van der Waals surface area contributed by atoms with E-state index in [1.165, 1.54) is 0 Å². The quantitative estimate of drug-likeness (QED) is 0.447. The number of hydrogen-bond acceptors (Lipinski definition) is 1. The predicted molar refractivity (Wildman–Crippen MR) is 47.1 cm³/mol. The van der Waals surface area contributed by atoms with Crippen LogP contribution in [0.3, 0.4) is 0 Å². The van der Waals surface area contributed by atoms with Crippen molar-refractivity contribution in [2.45, 2.75) is 19.3 Å². The molecule has 0 fully saturated rings. The lowest BCUT2D eigenvalue weighted by molar-refractivity contribution is -0.128. The van der Waals surface area contributed by atoms with Crippen molar-refractivity contribution in [2.75, 3.05) is 20.3 Å². The van der Waals surface area contributed by atoms with E-state index in [0.717, 1.165) is 19.0 Å². The van der Waals surface area contributed by atoms with Gasteiger partial charge in [-0.05, 0) is 19.0 Å².